The molecule has 3 heterocycles. The maximum Gasteiger partial charge on any atom is 0.336 e. The number of nitro benzene ring substituents is 1. The van der Waals surface area contributed by atoms with Gasteiger partial charge >= 0.3 is 5.97 Å². The quantitative estimate of drug-likeness (QED) is 0.351. The number of thiophene rings is 1. The van der Waals surface area contributed by atoms with Crippen molar-refractivity contribution >= 4 is 28.8 Å². The maximum atomic E-state index is 13.5. The number of nitro groups is 1. The van der Waals surface area contributed by atoms with Gasteiger partial charge in [-0.2, -0.15) is 0 Å². The Hall–Kier alpha value is -3.30. The summed E-state index contributed by atoms with van der Waals surface area (Å²) in [5, 5.41) is 16.5. The van der Waals surface area contributed by atoms with E-state index in [0.717, 1.165) is 23.4 Å². The molecule has 35 heavy (non-hydrogen) atoms. The molecule has 1 N–H and O–H groups in total. The van der Waals surface area contributed by atoms with E-state index in [9.17, 15) is 19.7 Å². The van der Waals surface area contributed by atoms with Gasteiger partial charge in [0.2, 0.25) is 0 Å². The highest BCUT2D eigenvalue weighted by molar-refractivity contribution is 7.10. The van der Waals surface area contributed by atoms with Crippen molar-refractivity contribution in [3.8, 4) is 0 Å². The van der Waals surface area contributed by atoms with Crippen LogP contribution in [0, 0.1) is 10.1 Å². The van der Waals surface area contributed by atoms with Crippen LogP contribution in [0.5, 0.6) is 0 Å². The molecule has 0 amide bonds. The van der Waals surface area contributed by atoms with E-state index in [0.29, 0.717) is 41.9 Å². The molecule has 0 unspecified atom stereocenters. The highest BCUT2D eigenvalue weighted by Gasteiger charge is 2.42. The number of ether oxygens (including phenoxy) is 2. The van der Waals surface area contributed by atoms with Gasteiger partial charge in [0, 0.05) is 58.8 Å². The second-order valence-corrected chi connectivity index (χ2v) is 10.1. The average molecular weight is 495 g/mol. The van der Waals surface area contributed by atoms with Crippen molar-refractivity contribution in [3.05, 3.63) is 84.9 Å². The molecule has 1 fully saturated rings. The van der Waals surface area contributed by atoms with Crippen molar-refractivity contribution in [1.29, 1.82) is 0 Å². The Kier molecular flexibility index (Phi) is 6.53. The molecule has 2 aromatic rings. The lowest BCUT2D eigenvalue weighted by molar-refractivity contribution is -0.384. The van der Waals surface area contributed by atoms with Crippen LogP contribution in [-0.4, -0.2) is 36.0 Å². The van der Waals surface area contributed by atoms with E-state index in [2.05, 4.69) is 5.32 Å². The normalized spacial score (nSPS) is 24.3. The highest BCUT2D eigenvalue weighted by atomic mass is 32.1. The number of esters is 1. The molecule has 1 aliphatic carbocycles. The summed E-state index contributed by atoms with van der Waals surface area (Å²) in [5.74, 6) is -1.11. The smallest absolute Gasteiger partial charge is 0.336 e. The lowest BCUT2D eigenvalue weighted by Crippen LogP contribution is -2.36. The zero-order valence-electron chi connectivity index (χ0n) is 19.3. The fourth-order valence-electron chi connectivity index (χ4n) is 5.18. The average Bonchev–Trinajstić information content (AvgIpc) is 3.56. The minimum absolute atomic E-state index is 0.0302. The number of rotatable bonds is 6. The fourth-order valence-corrected chi connectivity index (χ4v) is 6.01. The number of nitrogens with one attached hydrogen (secondary N) is 1. The topological polar surface area (TPSA) is 108 Å². The lowest BCUT2D eigenvalue weighted by Gasteiger charge is -2.36. The molecular formula is C26H26N2O6S. The zero-order valence-corrected chi connectivity index (χ0v) is 20.1. The minimum atomic E-state index is -0.652. The molecule has 1 aromatic carbocycles. The van der Waals surface area contributed by atoms with Gasteiger partial charge in [-0.05, 0) is 43.2 Å². The summed E-state index contributed by atoms with van der Waals surface area (Å²) in [4.78, 5) is 38.8. The number of non-ortho nitro benzene ring substituents is 1. The summed E-state index contributed by atoms with van der Waals surface area (Å²) in [6, 6.07) is 10.1. The van der Waals surface area contributed by atoms with Crippen LogP contribution >= 0.6 is 11.3 Å². The van der Waals surface area contributed by atoms with E-state index < -0.39 is 16.8 Å². The van der Waals surface area contributed by atoms with E-state index in [1.807, 2.05) is 24.4 Å². The zero-order chi connectivity index (χ0) is 24.5. The van der Waals surface area contributed by atoms with Crippen LogP contribution in [0.3, 0.4) is 0 Å². The SMILES string of the molecule is CC1=C(C(=O)OC[C@@H]2CCCO2)[C@@H](c2ccc([N+](=O)[O-])cc2)C2=C(C[C@@H](c3cccs3)CC2=O)N1. The van der Waals surface area contributed by atoms with Gasteiger partial charge in [0.25, 0.3) is 5.69 Å². The third-order valence-corrected chi connectivity index (χ3v) is 7.89. The van der Waals surface area contributed by atoms with Crippen LogP contribution in [0.4, 0.5) is 5.69 Å². The molecule has 1 aromatic heterocycles. The van der Waals surface area contributed by atoms with E-state index in [1.54, 1.807) is 23.5 Å². The van der Waals surface area contributed by atoms with Crippen LogP contribution in [0.15, 0.2) is 64.3 Å². The second kappa shape index (κ2) is 9.75. The maximum absolute atomic E-state index is 13.5. The van der Waals surface area contributed by atoms with Crippen molar-refractivity contribution in [2.75, 3.05) is 13.2 Å². The largest absolute Gasteiger partial charge is 0.459 e. The van der Waals surface area contributed by atoms with Crippen LogP contribution < -0.4 is 5.32 Å². The molecule has 1 saturated heterocycles. The Labute approximate surface area is 206 Å². The lowest BCUT2D eigenvalue weighted by atomic mass is 9.72. The summed E-state index contributed by atoms with van der Waals surface area (Å²) in [5.41, 5.74) is 2.93. The third-order valence-electron chi connectivity index (χ3n) is 6.85. The summed E-state index contributed by atoms with van der Waals surface area (Å²) in [6.45, 7) is 2.63. The second-order valence-electron chi connectivity index (χ2n) is 9.11. The Morgan fingerprint density at radius 1 is 1.26 bits per heavy atom. The highest BCUT2D eigenvalue weighted by Crippen LogP contribution is 2.46. The monoisotopic (exact) mass is 494 g/mol. The Balaban J connectivity index is 1.51. The van der Waals surface area contributed by atoms with Gasteiger partial charge in [0.1, 0.15) is 6.61 Å². The predicted molar refractivity (Wildman–Crippen MR) is 130 cm³/mol. The number of Topliss-reactive ketones (excluding diaryl/α,β-unsaturated/α-hetero) is 1. The minimum Gasteiger partial charge on any atom is -0.459 e. The summed E-state index contributed by atoms with van der Waals surface area (Å²) in [6.07, 6.45) is 2.66. The number of ketones is 1. The number of hydrogen-bond donors (Lipinski definition) is 1. The standard InChI is InChI=1S/C26H26N2O6S/c1-15-23(26(30)34-14-19-4-2-10-33-19)24(16-6-8-18(9-7-16)28(31)32)25-20(27-15)12-17(13-21(25)29)22-5-3-11-35-22/h3,5-9,11,17,19,24,27H,2,4,10,12-14H2,1H3/t17-,19+,24-/m1/s1. The number of benzene rings is 1. The third kappa shape index (κ3) is 4.66. The number of allylic oxidation sites excluding steroid dienone is 3. The van der Waals surface area contributed by atoms with E-state index in [4.69, 9.17) is 9.47 Å². The van der Waals surface area contributed by atoms with Crippen molar-refractivity contribution < 1.29 is 24.0 Å². The molecule has 182 valence electrons. The Morgan fingerprint density at radius 2 is 2.06 bits per heavy atom. The first-order valence-electron chi connectivity index (χ1n) is 11.7. The molecule has 0 radical (unpaired) electrons. The number of hydrogen-bond acceptors (Lipinski definition) is 8. The Morgan fingerprint density at radius 3 is 2.71 bits per heavy atom. The molecule has 2 aliphatic heterocycles. The van der Waals surface area contributed by atoms with Gasteiger partial charge in [-0.3, -0.25) is 14.9 Å². The van der Waals surface area contributed by atoms with E-state index in [1.165, 1.54) is 12.1 Å². The van der Waals surface area contributed by atoms with E-state index >= 15 is 0 Å². The van der Waals surface area contributed by atoms with E-state index in [-0.39, 0.29) is 30.1 Å². The van der Waals surface area contributed by atoms with Gasteiger partial charge in [-0.15, -0.1) is 11.3 Å². The number of carbonyl (C=O) groups is 2. The van der Waals surface area contributed by atoms with Crippen molar-refractivity contribution in [3.63, 3.8) is 0 Å². The van der Waals surface area contributed by atoms with Crippen LogP contribution in [0.2, 0.25) is 0 Å². The van der Waals surface area contributed by atoms with Gasteiger partial charge in [0.05, 0.1) is 16.6 Å². The number of nitrogens with zero attached hydrogens (tertiary/aromatic N) is 1. The molecule has 8 nitrogen and oxygen atoms in total. The molecule has 9 heteroatoms. The van der Waals surface area contributed by atoms with Crippen molar-refractivity contribution in [1.82, 2.24) is 5.32 Å². The predicted octanol–water partition coefficient (Wildman–Crippen LogP) is 4.74. The first-order chi connectivity index (χ1) is 16.9. The van der Waals surface area contributed by atoms with Crippen LogP contribution in [0.25, 0.3) is 0 Å². The molecule has 0 saturated carbocycles. The molecule has 0 spiro atoms. The molecule has 0 bridgehead atoms. The summed E-state index contributed by atoms with van der Waals surface area (Å²) >= 11 is 1.63. The summed E-state index contributed by atoms with van der Waals surface area (Å²) in [7, 11) is 0. The first-order valence-corrected chi connectivity index (χ1v) is 12.6. The van der Waals surface area contributed by atoms with Gasteiger partial charge < -0.3 is 14.8 Å². The summed E-state index contributed by atoms with van der Waals surface area (Å²) < 4.78 is 11.2. The van der Waals surface area contributed by atoms with Gasteiger partial charge in [-0.25, -0.2) is 4.79 Å². The molecule has 3 atom stereocenters. The van der Waals surface area contributed by atoms with Crippen LogP contribution in [0.1, 0.15) is 54.9 Å². The van der Waals surface area contributed by atoms with Gasteiger partial charge in [-0.1, -0.05) is 18.2 Å². The van der Waals surface area contributed by atoms with Crippen LogP contribution in [-0.2, 0) is 19.1 Å². The fraction of sp³-hybridized carbons (Fsp3) is 0.385. The molecular weight excluding hydrogens is 468 g/mol. The number of dihydropyridines is 1. The van der Waals surface area contributed by atoms with Crippen molar-refractivity contribution in [2.24, 2.45) is 0 Å². The number of carbonyl (C=O) groups excluding carboxylic acids is 2. The Bertz CT molecular complexity index is 1210. The molecule has 3 aliphatic rings. The van der Waals surface area contributed by atoms with Crippen molar-refractivity contribution in [2.45, 2.75) is 50.5 Å². The molecule has 5 rings (SSSR count). The van der Waals surface area contributed by atoms with Gasteiger partial charge in [0.15, 0.2) is 5.78 Å². The first kappa shape index (κ1) is 23.4.